The summed E-state index contributed by atoms with van der Waals surface area (Å²) in [5.74, 6) is 0.667. The van der Waals surface area contributed by atoms with Crippen molar-refractivity contribution in [2.75, 3.05) is 0 Å². The fourth-order valence-corrected chi connectivity index (χ4v) is 2.10. The smallest absolute Gasteiger partial charge is 0.0595 e. The molecule has 0 bridgehead atoms. The van der Waals surface area contributed by atoms with Crippen LogP contribution in [0.2, 0.25) is 10.0 Å². The Morgan fingerprint density at radius 2 is 1.76 bits per heavy atom. The molecule has 0 amide bonds. The van der Waals surface area contributed by atoms with Crippen LogP contribution in [0.4, 0.5) is 0 Å². The maximum Gasteiger partial charge on any atom is 0.0595 e. The van der Waals surface area contributed by atoms with E-state index < -0.39 is 0 Å². The summed E-state index contributed by atoms with van der Waals surface area (Å²) in [6, 6.07) is 6.59. The van der Waals surface area contributed by atoms with E-state index in [1.807, 2.05) is 18.2 Å². The first-order chi connectivity index (χ1) is 7.95. The molecule has 3 atom stereocenters. The van der Waals surface area contributed by atoms with Crippen LogP contribution in [-0.4, -0.2) is 6.04 Å². The normalized spacial score (nSPS) is 16.6. The van der Waals surface area contributed by atoms with E-state index in [-0.39, 0.29) is 6.04 Å². The lowest BCUT2D eigenvalue weighted by atomic mass is 9.99. The highest BCUT2D eigenvalue weighted by Gasteiger charge is 2.14. The molecule has 0 saturated carbocycles. The molecule has 0 spiro atoms. The van der Waals surface area contributed by atoms with Gasteiger partial charge in [0.1, 0.15) is 0 Å². The maximum absolute atomic E-state index is 6.02. The molecule has 0 aliphatic carbocycles. The first kappa shape index (κ1) is 14.8. The quantitative estimate of drug-likeness (QED) is 0.789. The number of halogens is 2. The van der Waals surface area contributed by atoms with Crippen LogP contribution in [0.5, 0.6) is 0 Å². The summed E-state index contributed by atoms with van der Waals surface area (Å²) in [6.07, 6.45) is 1.18. The third kappa shape index (κ3) is 4.17. The van der Waals surface area contributed by atoms with E-state index in [1.54, 1.807) is 0 Å². The molecule has 1 N–H and O–H groups in total. The molecular weight excluding hydrogens is 253 g/mol. The second-order valence-corrected chi connectivity index (χ2v) is 5.55. The molecule has 0 aliphatic heterocycles. The molecule has 0 aliphatic rings. The van der Waals surface area contributed by atoms with E-state index in [1.165, 1.54) is 12.0 Å². The summed E-state index contributed by atoms with van der Waals surface area (Å²) >= 11 is 11.9. The first-order valence-electron chi connectivity index (χ1n) is 6.16. The number of hydrogen-bond acceptors (Lipinski definition) is 1. The summed E-state index contributed by atoms with van der Waals surface area (Å²) in [4.78, 5) is 0. The molecule has 0 radical (unpaired) electrons. The predicted octanol–water partition coefficient (Wildman–Crippen LogP) is 5.08. The van der Waals surface area contributed by atoms with Gasteiger partial charge >= 0.3 is 0 Å². The van der Waals surface area contributed by atoms with Crippen molar-refractivity contribution < 1.29 is 0 Å². The Labute approximate surface area is 115 Å². The van der Waals surface area contributed by atoms with Gasteiger partial charge in [-0.25, -0.2) is 0 Å². The van der Waals surface area contributed by atoms with Crippen LogP contribution < -0.4 is 5.32 Å². The Balaban J connectivity index is 2.69. The Morgan fingerprint density at radius 1 is 1.12 bits per heavy atom. The monoisotopic (exact) mass is 273 g/mol. The highest BCUT2D eigenvalue weighted by Crippen LogP contribution is 2.26. The Bertz CT molecular complexity index is 365. The first-order valence-corrected chi connectivity index (χ1v) is 6.92. The minimum atomic E-state index is 0.286. The van der Waals surface area contributed by atoms with Crippen molar-refractivity contribution in [1.29, 1.82) is 0 Å². The zero-order valence-corrected chi connectivity index (χ0v) is 12.4. The van der Waals surface area contributed by atoms with Gasteiger partial charge in [0.15, 0.2) is 0 Å². The average molecular weight is 274 g/mol. The predicted molar refractivity (Wildman–Crippen MR) is 76.9 cm³/mol. The Morgan fingerprint density at radius 3 is 2.29 bits per heavy atom. The van der Waals surface area contributed by atoms with Crippen molar-refractivity contribution in [2.45, 2.75) is 46.2 Å². The zero-order chi connectivity index (χ0) is 13.0. The van der Waals surface area contributed by atoms with Gasteiger partial charge in [0.2, 0.25) is 0 Å². The van der Waals surface area contributed by atoms with Crippen molar-refractivity contribution in [2.24, 2.45) is 5.92 Å². The molecule has 3 unspecified atom stereocenters. The molecule has 0 saturated heterocycles. The lowest BCUT2D eigenvalue weighted by Gasteiger charge is -2.25. The van der Waals surface area contributed by atoms with Gasteiger partial charge in [-0.15, -0.1) is 0 Å². The second kappa shape index (κ2) is 6.63. The number of nitrogens with one attached hydrogen (secondary N) is 1. The molecule has 3 heteroatoms. The highest BCUT2D eigenvalue weighted by molar-refractivity contribution is 6.42. The number of rotatable bonds is 5. The van der Waals surface area contributed by atoms with Gasteiger partial charge in [-0.1, -0.05) is 49.5 Å². The molecule has 96 valence electrons. The van der Waals surface area contributed by atoms with Crippen LogP contribution >= 0.6 is 23.2 Å². The molecule has 0 fully saturated rings. The van der Waals surface area contributed by atoms with Crippen molar-refractivity contribution in [3.63, 3.8) is 0 Å². The van der Waals surface area contributed by atoms with E-state index in [0.29, 0.717) is 22.0 Å². The third-order valence-corrected chi connectivity index (χ3v) is 4.19. The topological polar surface area (TPSA) is 12.0 Å². The largest absolute Gasteiger partial charge is 0.307 e. The Hall–Kier alpha value is -0.240. The van der Waals surface area contributed by atoms with Gasteiger partial charge in [0, 0.05) is 12.1 Å². The number of hydrogen-bond donors (Lipinski definition) is 1. The molecule has 17 heavy (non-hydrogen) atoms. The van der Waals surface area contributed by atoms with Crippen molar-refractivity contribution in [3.05, 3.63) is 33.8 Å². The van der Waals surface area contributed by atoms with E-state index >= 15 is 0 Å². The second-order valence-electron chi connectivity index (χ2n) is 4.74. The van der Waals surface area contributed by atoms with E-state index in [4.69, 9.17) is 23.2 Å². The standard InChI is InChI=1S/C14H21Cl2N/c1-5-9(2)10(3)17-11(4)12-6-7-13(15)14(16)8-12/h6-11,17H,5H2,1-4H3. The summed E-state index contributed by atoms with van der Waals surface area (Å²) < 4.78 is 0. The van der Waals surface area contributed by atoms with Crippen molar-refractivity contribution in [3.8, 4) is 0 Å². The van der Waals surface area contributed by atoms with Crippen LogP contribution in [0.25, 0.3) is 0 Å². The minimum absolute atomic E-state index is 0.286. The molecule has 0 heterocycles. The molecule has 1 nitrogen and oxygen atoms in total. The van der Waals surface area contributed by atoms with E-state index in [0.717, 1.165) is 0 Å². The lowest BCUT2D eigenvalue weighted by Crippen LogP contribution is -2.33. The van der Waals surface area contributed by atoms with E-state index in [9.17, 15) is 0 Å². The fraction of sp³-hybridized carbons (Fsp3) is 0.571. The number of benzene rings is 1. The van der Waals surface area contributed by atoms with Crippen LogP contribution in [0.3, 0.4) is 0 Å². The van der Waals surface area contributed by atoms with Gasteiger partial charge in [-0.05, 0) is 37.5 Å². The fourth-order valence-electron chi connectivity index (χ4n) is 1.79. The maximum atomic E-state index is 6.02. The molecular formula is C14H21Cl2N. The van der Waals surface area contributed by atoms with Crippen LogP contribution in [-0.2, 0) is 0 Å². The SMILES string of the molecule is CCC(C)C(C)NC(C)c1ccc(Cl)c(Cl)c1. The highest BCUT2D eigenvalue weighted by atomic mass is 35.5. The van der Waals surface area contributed by atoms with Gasteiger partial charge in [0.05, 0.1) is 10.0 Å². The molecule has 1 aromatic rings. The summed E-state index contributed by atoms with van der Waals surface area (Å²) in [5, 5.41) is 4.82. The van der Waals surface area contributed by atoms with Crippen molar-refractivity contribution in [1.82, 2.24) is 5.32 Å². The van der Waals surface area contributed by atoms with Gasteiger partial charge in [-0.3, -0.25) is 0 Å². The van der Waals surface area contributed by atoms with Gasteiger partial charge in [-0.2, -0.15) is 0 Å². The minimum Gasteiger partial charge on any atom is -0.307 e. The van der Waals surface area contributed by atoms with Gasteiger partial charge < -0.3 is 5.32 Å². The molecule has 1 aromatic carbocycles. The Kier molecular flexibility index (Phi) is 5.78. The summed E-state index contributed by atoms with van der Waals surface area (Å²) in [7, 11) is 0. The van der Waals surface area contributed by atoms with Gasteiger partial charge in [0.25, 0.3) is 0 Å². The van der Waals surface area contributed by atoms with Crippen LogP contribution in [0, 0.1) is 5.92 Å². The lowest BCUT2D eigenvalue weighted by molar-refractivity contribution is 0.360. The van der Waals surface area contributed by atoms with Crippen molar-refractivity contribution >= 4 is 23.2 Å². The zero-order valence-electron chi connectivity index (χ0n) is 10.9. The summed E-state index contributed by atoms with van der Waals surface area (Å²) in [6.45, 7) is 8.85. The summed E-state index contributed by atoms with van der Waals surface area (Å²) in [5.41, 5.74) is 1.18. The third-order valence-electron chi connectivity index (χ3n) is 3.45. The molecule has 0 aromatic heterocycles. The average Bonchev–Trinajstić information content (AvgIpc) is 2.31. The van der Waals surface area contributed by atoms with E-state index in [2.05, 4.69) is 33.0 Å². The molecule has 1 rings (SSSR count). The van der Waals surface area contributed by atoms with Crippen LogP contribution in [0.1, 0.15) is 45.7 Å². The van der Waals surface area contributed by atoms with Crippen LogP contribution in [0.15, 0.2) is 18.2 Å².